The van der Waals surface area contributed by atoms with Gasteiger partial charge in [-0.3, -0.25) is 4.79 Å². The van der Waals surface area contributed by atoms with Gasteiger partial charge in [-0.05, 0) is 44.9 Å². The summed E-state index contributed by atoms with van der Waals surface area (Å²) in [7, 11) is -3.64. The molecule has 0 aromatic heterocycles. The van der Waals surface area contributed by atoms with Gasteiger partial charge in [0.1, 0.15) is 0 Å². The summed E-state index contributed by atoms with van der Waals surface area (Å²) in [5, 5.41) is 0. The Balaban J connectivity index is 1.63. The van der Waals surface area contributed by atoms with Crippen molar-refractivity contribution in [1.29, 1.82) is 0 Å². The van der Waals surface area contributed by atoms with Gasteiger partial charge in [0.15, 0.2) is 6.61 Å². The highest BCUT2D eigenvalue weighted by molar-refractivity contribution is 7.89. The van der Waals surface area contributed by atoms with Crippen LogP contribution >= 0.6 is 0 Å². The highest BCUT2D eigenvalue weighted by Crippen LogP contribution is 2.21. The lowest BCUT2D eigenvalue weighted by atomic mass is 10.2. The van der Waals surface area contributed by atoms with Crippen molar-refractivity contribution < 1.29 is 27.5 Å². The van der Waals surface area contributed by atoms with Crippen LogP contribution in [0.3, 0.4) is 0 Å². The fourth-order valence-electron chi connectivity index (χ4n) is 3.72. The molecule has 2 atom stereocenters. The predicted molar refractivity (Wildman–Crippen MR) is 106 cm³/mol. The zero-order valence-corrected chi connectivity index (χ0v) is 17.7. The van der Waals surface area contributed by atoms with Crippen LogP contribution < -0.4 is 0 Å². The van der Waals surface area contributed by atoms with Gasteiger partial charge in [-0.25, -0.2) is 13.2 Å². The number of piperidine rings is 1. The normalized spacial score (nSPS) is 23.6. The van der Waals surface area contributed by atoms with Gasteiger partial charge < -0.3 is 14.4 Å². The first-order chi connectivity index (χ1) is 13.8. The Labute approximate surface area is 171 Å². The lowest BCUT2D eigenvalue weighted by Crippen LogP contribution is -2.49. The van der Waals surface area contributed by atoms with Gasteiger partial charge in [0.2, 0.25) is 10.0 Å². The van der Waals surface area contributed by atoms with E-state index in [2.05, 4.69) is 0 Å². The summed E-state index contributed by atoms with van der Waals surface area (Å²) in [5.41, 5.74) is 0.111. The molecule has 0 radical (unpaired) electrons. The average molecular weight is 425 g/mol. The number of rotatable bonds is 5. The summed E-state index contributed by atoms with van der Waals surface area (Å²) < 4.78 is 37.8. The predicted octanol–water partition coefficient (Wildman–Crippen LogP) is 1.65. The Bertz CT molecular complexity index is 840. The van der Waals surface area contributed by atoms with Gasteiger partial charge in [0, 0.05) is 26.2 Å². The average Bonchev–Trinajstić information content (AvgIpc) is 2.71. The van der Waals surface area contributed by atoms with Crippen LogP contribution in [0.4, 0.5) is 0 Å². The third-order valence-electron chi connectivity index (χ3n) is 5.12. The lowest BCUT2D eigenvalue weighted by Gasteiger charge is -2.35. The van der Waals surface area contributed by atoms with Gasteiger partial charge in [-0.15, -0.1) is 0 Å². The molecule has 2 aliphatic heterocycles. The molecule has 0 saturated carbocycles. The minimum atomic E-state index is -3.64. The Morgan fingerprint density at radius 2 is 1.76 bits per heavy atom. The van der Waals surface area contributed by atoms with E-state index in [0.717, 1.165) is 19.3 Å². The Kier molecular flexibility index (Phi) is 6.92. The molecule has 1 aromatic carbocycles. The third kappa shape index (κ3) is 5.34. The molecular weight excluding hydrogens is 396 g/mol. The van der Waals surface area contributed by atoms with Crippen LogP contribution in [0.25, 0.3) is 0 Å². The maximum absolute atomic E-state index is 12.8. The number of carbonyl (C=O) groups is 2. The van der Waals surface area contributed by atoms with Crippen molar-refractivity contribution in [2.75, 3.05) is 32.8 Å². The molecular formula is C20H28N2O6S. The SMILES string of the molecule is C[C@@H]1CN(C(=O)COC(=O)c2cccc(S(=O)(=O)N3CCCCC3)c2)C[C@@H](C)O1. The molecule has 0 aliphatic carbocycles. The number of carbonyl (C=O) groups excluding carboxylic acids is 2. The van der Waals surface area contributed by atoms with Crippen LogP contribution in [-0.2, 0) is 24.3 Å². The van der Waals surface area contributed by atoms with Crippen molar-refractivity contribution in [2.24, 2.45) is 0 Å². The zero-order chi connectivity index (χ0) is 21.0. The van der Waals surface area contributed by atoms with E-state index in [-0.39, 0.29) is 35.2 Å². The largest absolute Gasteiger partial charge is 0.452 e. The van der Waals surface area contributed by atoms with Crippen molar-refractivity contribution in [1.82, 2.24) is 9.21 Å². The molecule has 0 N–H and O–H groups in total. The first-order valence-electron chi connectivity index (χ1n) is 9.98. The molecule has 1 amide bonds. The maximum Gasteiger partial charge on any atom is 0.338 e. The second-order valence-electron chi connectivity index (χ2n) is 7.62. The zero-order valence-electron chi connectivity index (χ0n) is 16.9. The maximum atomic E-state index is 12.8. The van der Waals surface area contributed by atoms with E-state index in [1.54, 1.807) is 4.90 Å². The number of hydrogen-bond acceptors (Lipinski definition) is 6. The number of esters is 1. The number of hydrogen-bond donors (Lipinski definition) is 0. The van der Waals surface area contributed by atoms with Gasteiger partial charge in [0.05, 0.1) is 22.7 Å². The molecule has 0 spiro atoms. The van der Waals surface area contributed by atoms with Crippen LogP contribution in [0.1, 0.15) is 43.5 Å². The standard InChI is InChI=1S/C20H28N2O6S/c1-15-12-21(13-16(2)28-15)19(23)14-27-20(24)17-7-6-8-18(11-17)29(25,26)22-9-4-3-5-10-22/h6-8,11,15-16H,3-5,9-10,12-14H2,1-2H3/t15-,16-/m1/s1. The Morgan fingerprint density at radius 3 is 2.41 bits per heavy atom. The van der Waals surface area contributed by atoms with Gasteiger partial charge in [0.25, 0.3) is 5.91 Å². The van der Waals surface area contributed by atoms with E-state index >= 15 is 0 Å². The Hall–Kier alpha value is -1.97. The molecule has 9 heteroatoms. The van der Waals surface area contributed by atoms with Crippen molar-refractivity contribution in [3.8, 4) is 0 Å². The van der Waals surface area contributed by atoms with Crippen LogP contribution in [0.2, 0.25) is 0 Å². The first kappa shape index (κ1) is 21.7. The van der Waals surface area contributed by atoms with Crippen molar-refractivity contribution in [3.05, 3.63) is 29.8 Å². The molecule has 8 nitrogen and oxygen atoms in total. The molecule has 0 bridgehead atoms. The van der Waals surface area contributed by atoms with E-state index in [1.807, 2.05) is 13.8 Å². The molecule has 160 valence electrons. The monoisotopic (exact) mass is 424 g/mol. The minimum absolute atomic E-state index is 0.0657. The topological polar surface area (TPSA) is 93.2 Å². The summed E-state index contributed by atoms with van der Waals surface area (Å²) in [6.45, 7) is 5.26. The summed E-state index contributed by atoms with van der Waals surface area (Å²) in [5.74, 6) is -1.01. The fraction of sp³-hybridized carbons (Fsp3) is 0.600. The number of sulfonamides is 1. The quantitative estimate of drug-likeness (QED) is 0.668. The first-order valence-corrected chi connectivity index (χ1v) is 11.4. The molecule has 1 aromatic rings. The number of nitrogens with zero attached hydrogens (tertiary/aromatic N) is 2. The van der Waals surface area contributed by atoms with Crippen LogP contribution in [0, 0.1) is 0 Å². The molecule has 3 rings (SSSR count). The van der Waals surface area contributed by atoms with Crippen molar-refractivity contribution in [3.63, 3.8) is 0 Å². The van der Waals surface area contributed by atoms with E-state index in [9.17, 15) is 18.0 Å². The van der Waals surface area contributed by atoms with Crippen LogP contribution in [-0.4, -0.2) is 74.5 Å². The molecule has 2 aliphatic rings. The number of ether oxygens (including phenoxy) is 2. The van der Waals surface area contributed by atoms with Crippen molar-refractivity contribution in [2.45, 2.75) is 50.2 Å². The highest BCUT2D eigenvalue weighted by Gasteiger charge is 2.28. The van der Waals surface area contributed by atoms with Crippen molar-refractivity contribution >= 4 is 21.9 Å². The van der Waals surface area contributed by atoms with E-state index < -0.39 is 16.0 Å². The summed E-state index contributed by atoms with van der Waals surface area (Å²) >= 11 is 0. The van der Waals surface area contributed by atoms with E-state index in [0.29, 0.717) is 26.2 Å². The molecule has 29 heavy (non-hydrogen) atoms. The number of benzene rings is 1. The van der Waals surface area contributed by atoms with Gasteiger partial charge >= 0.3 is 5.97 Å². The van der Waals surface area contributed by atoms with E-state index in [1.165, 1.54) is 28.6 Å². The van der Waals surface area contributed by atoms with Gasteiger partial charge in [-0.2, -0.15) is 4.31 Å². The molecule has 2 saturated heterocycles. The smallest absolute Gasteiger partial charge is 0.338 e. The van der Waals surface area contributed by atoms with Crippen LogP contribution in [0.5, 0.6) is 0 Å². The lowest BCUT2D eigenvalue weighted by molar-refractivity contribution is -0.146. The molecule has 0 unspecified atom stereocenters. The third-order valence-corrected chi connectivity index (χ3v) is 7.02. The minimum Gasteiger partial charge on any atom is -0.452 e. The second-order valence-corrected chi connectivity index (χ2v) is 9.56. The molecule has 2 fully saturated rings. The summed E-state index contributed by atoms with van der Waals surface area (Å²) in [6.07, 6.45) is 2.54. The second kappa shape index (κ2) is 9.23. The fourth-order valence-corrected chi connectivity index (χ4v) is 5.28. The van der Waals surface area contributed by atoms with Crippen LogP contribution in [0.15, 0.2) is 29.2 Å². The number of amides is 1. The van der Waals surface area contributed by atoms with Gasteiger partial charge in [-0.1, -0.05) is 12.5 Å². The summed E-state index contributed by atoms with van der Waals surface area (Å²) in [4.78, 5) is 26.4. The van der Waals surface area contributed by atoms with E-state index in [4.69, 9.17) is 9.47 Å². The molecule has 2 heterocycles. The highest BCUT2D eigenvalue weighted by atomic mass is 32.2. The number of morpholine rings is 1. The summed E-state index contributed by atoms with van der Waals surface area (Å²) in [6, 6.07) is 5.79. The Morgan fingerprint density at radius 1 is 1.10 bits per heavy atom.